The topological polar surface area (TPSA) is 84.2 Å². The normalized spacial score (nSPS) is 10.8. The highest BCUT2D eigenvalue weighted by molar-refractivity contribution is 9.10. The van der Waals surface area contributed by atoms with Crippen LogP contribution in [0.2, 0.25) is 0 Å². The third-order valence-electron chi connectivity index (χ3n) is 3.90. The summed E-state index contributed by atoms with van der Waals surface area (Å²) in [7, 11) is 0. The van der Waals surface area contributed by atoms with Crippen LogP contribution < -0.4 is 14.8 Å². The van der Waals surface area contributed by atoms with Crippen LogP contribution in [0.1, 0.15) is 21.5 Å². The Morgan fingerprint density at radius 2 is 1.87 bits per heavy atom. The van der Waals surface area contributed by atoms with Crippen LogP contribution in [0.15, 0.2) is 65.3 Å². The van der Waals surface area contributed by atoms with Crippen molar-refractivity contribution in [3.63, 3.8) is 0 Å². The van der Waals surface area contributed by atoms with Crippen molar-refractivity contribution in [1.29, 1.82) is 5.26 Å². The SMILES string of the molecule is N#Cc1ccc(Oc2ccc(C(=O)NCc3ccc(Br)cc3OC(F)(F)F)cn2)cc1. The van der Waals surface area contributed by atoms with Crippen molar-refractivity contribution in [2.24, 2.45) is 0 Å². The van der Waals surface area contributed by atoms with Crippen LogP contribution in [0.4, 0.5) is 13.2 Å². The van der Waals surface area contributed by atoms with E-state index in [0.717, 1.165) is 0 Å². The summed E-state index contributed by atoms with van der Waals surface area (Å²) >= 11 is 3.09. The number of nitriles is 1. The fourth-order valence-corrected chi connectivity index (χ4v) is 2.81. The number of amides is 1. The predicted molar refractivity (Wildman–Crippen MR) is 107 cm³/mol. The molecule has 0 bridgehead atoms. The zero-order valence-corrected chi connectivity index (χ0v) is 17.2. The Morgan fingerprint density at radius 3 is 2.48 bits per heavy atom. The van der Waals surface area contributed by atoms with E-state index < -0.39 is 18.0 Å². The zero-order chi connectivity index (χ0) is 22.4. The van der Waals surface area contributed by atoms with E-state index in [4.69, 9.17) is 10.00 Å². The molecule has 31 heavy (non-hydrogen) atoms. The lowest BCUT2D eigenvalue weighted by Gasteiger charge is -2.14. The lowest BCUT2D eigenvalue weighted by Crippen LogP contribution is -2.24. The Balaban J connectivity index is 1.63. The zero-order valence-electron chi connectivity index (χ0n) is 15.6. The summed E-state index contributed by atoms with van der Waals surface area (Å²) in [5.41, 5.74) is 0.840. The molecule has 0 atom stereocenters. The number of pyridine rings is 1. The average molecular weight is 492 g/mol. The van der Waals surface area contributed by atoms with Crippen LogP contribution in [-0.4, -0.2) is 17.3 Å². The maximum Gasteiger partial charge on any atom is 0.573 e. The fourth-order valence-electron chi connectivity index (χ4n) is 2.46. The van der Waals surface area contributed by atoms with E-state index in [1.807, 2.05) is 6.07 Å². The van der Waals surface area contributed by atoms with E-state index >= 15 is 0 Å². The van der Waals surface area contributed by atoms with Gasteiger partial charge < -0.3 is 14.8 Å². The van der Waals surface area contributed by atoms with Gasteiger partial charge in [-0.15, -0.1) is 13.2 Å². The van der Waals surface area contributed by atoms with Gasteiger partial charge in [-0.3, -0.25) is 4.79 Å². The van der Waals surface area contributed by atoms with E-state index in [1.165, 1.54) is 30.5 Å². The minimum Gasteiger partial charge on any atom is -0.439 e. The van der Waals surface area contributed by atoms with E-state index in [9.17, 15) is 18.0 Å². The highest BCUT2D eigenvalue weighted by Crippen LogP contribution is 2.29. The van der Waals surface area contributed by atoms with Crippen molar-refractivity contribution in [3.05, 3.63) is 82.0 Å². The van der Waals surface area contributed by atoms with E-state index in [2.05, 4.69) is 31.0 Å². The monoisotopic (exact) mass is 491 g/mol. The summed E-state index contributed by atoms with van der Waals surface area (Å²) < 4.78 is 47.7. The molecule has 0 radical (unpaired) electrons. The van der Waals surface area contributed by atoms with Gasteiger partial charge in [-0.25, -0.2) is 4.98 Å². The summed E-state index contributed by atoms with van der Waals surface area (Å²) in [4.78, 5) is 16.4. The first-order valence-corrected chi connectivity index (χ1v) is 9.49. The van der Waals surface area contributed by atoms with E-state index in [0.29, 0.717) is 15.8 Å². The first-order valence-electron chi connectivity index (χ1n) is 8.70. The van der Waals surface area contributed by atoms with E-state index in [1.54, 1.807) is 30.3 Å². The van der Waals surface area contributed by atoms with Crippen molar-refractivity contribution in [2.45, 2.75) is 12.9 Å². The number of carbonyl (C=O) groups is 1. The number of alkyl halides is 3. The molecule has 0 saturated heterocycles. The van der Waals surface area contributed by atoms with Crippen molar-refractivity contribution >= 4 is 21.8 Å². The Hall–Kier alpha value is -3.58. The molecule has 0 aliphatic heterocycles. The van der Waals surface area contributed by atoms with Gasteiger partial charge in [-0.05, 0) is 42.5 Å². The molecule has 0 fully saturated rings. The number of halogens is 4. The Kier molecular flexibility index (Phi) is 6.77. The minimum atomic E-state index is -4.85. The molecule has 0 aliphatic rings. The van der Waals surface area contributed by atoms with E-state index in [-0.39, 0.29) is 23.6 Å². The quantitative estimate of drug-likeness (QED) is 0.503. The summed E-state index contributed by atoms with van der Waals surface area (Å²) in [6.07, 6.45) is -3.57. The molecular weight excluding hydrogens is 479 g/mol. The average Bonchev–Trinajstić information content (AvgIpc) is 2.73. The van der Waals surface area contributed by atoms with Crippen LogP contribution >= 0.6 is 15.9 Å². The van der Waals surface area contributed by atoms with Crippen molar-refractivity contribution in [3.8, 4) is 23.4 Å². The van der Waals surface area contributed by atoms with Crippen molar-refractivity contribution < 1.29 is 27.4 Å². The Morgan fingerprint density at radius 1 is 1.13 bits per heavy atom. The van der Waals surface area contributed by atoms with Gasteiger partial charge >= 0.3 is 6.36 Å². The lowest BCUT2D eigenvalue weighted by molar-refractivity contribution is -0.274. The number of carbonyl (C=O) groups excluding carboxylic acids is 1. The Bertz CT molecular complexity index is 1110. The molecule has 3 aromatic rings. The summed E-state index contributed by atoms with van der Waals surface area (Å²) in [6.45, 7) is -0.180. The predicted octanol–water partition coefficient (Wildman–Crippen LogP) is 5.34. The van der Waals surface area contributed by atoms with Crippen LogP contribution in [-0.2, 0) is 6.54 Å². The molecule has 0 aliphatic carbocycles. The van der Waals surface area contributed by atoms with Gasteiger partial charge in [0.2, 0.25) is 5.88 Å². The Labute approximate surface area is 183 Å². The van der Waals surface area contributed by atoms with Crippen LogP contribution in [0, 0.1) is 11.3 Å². The second kappa shape index (κ2) is 9.49. The second-order valence-electron chi connectivity index (χ2n) is 6.11. The van der Waals surface area contributed by atoms with Gasteiger partial charge in [-0.1, -0.05) is 22.0 Å². The van der Waals surface area contributed by atoms with Gasteiger partial charge in [0.15, 0.2) is 0 Å². The molecule has 0 saturated carbocycles. The number of nitrogens with one attached hydrogen (secondary N) is 1. The van der Waals surface area contributed by atoms with Gasteiger partial charge in [0.1, 0.15) is 11.5 Å². The third-order valence-corrected chi connectivity index (χ3v) is 4.39. The maximum absolute atomic E-state index is 12.6. The highest BCUT2D eigenvalue weighted by atomic mass is 79.9. The summed E-state index contributed by atoms with van der Waals surface area (Å²) in [6, 6.07) is 15.5. The van der Waals surface area contributed by atoms with Gasteiger partial charge in [0.05, 0.1) is 17.2 Å². The number of ether oxygens (including phenoxy) is 2. The molecule has 1 N–H and O–H groups in total. The molecule has 1 aromatic heterocycles. The number of hydrogen-bond acceptors (Lipinski definition) is 5. The largest absolute Gasteiger partial charge is 0.573 e. The van der Waals surface area contributed by atoms with Crippen LogP contribution in [0.25, 0.3) is 0 Å². The molecule has 1 amide bonds. The fraction of sp³-hybridized carbons (Fsp3) is 0.0952. The number of hydrogen-bond donors (Lipinski definition) is 1. The standard InChI is InChI=1S/C21H13BrF3N3O3/c22-16-5-3-14(18(9-16)31-21(23,24)25)11-28-20(29)15-4-8-19(27-12-15)30-17-6-1-13(10-26)2-7-17/h1-9,12H,11H2,(H,28,29). The number of aromatic nitrogens is 1. The maximum atomic E-state index is 12.6. The molecule has 1 heterocycles. The van der Waals surface area contributed by atoms with Gasteiger partial charge in [0, 0.05) is 28.8 Å². The summed E-state index contributed by atoms with van der Waals surface area (Å²) in [5.74, 6) is -0.240. The highest BCUT2D eigenvalue weighted by Gasteiger charge is 2.32. The lowest BCUT2D eigenvalue weighted by atomic mass is 10.2. The number of benzene rings is 2. The van der Waals surface area contributed by atoms with Gasteiger partial charge in [0.25, 0.3) is 5.91 Å². The molecular formula is C21H13BrF3N3O3. The minimum absolute atomic E-state index is 0.155. The molecule has 6 nitrogen and oxygen atoms in total. The number of nitrogens with zero attached hydrogens (tertiary/aromatic N) is 2. The first kappa shape index (κ1) is 22.1. The van der Waals surface area contributed by atoms with Gasteiger partial charge in [-0.2, -0.15) is 5.26 Å². The first-order chi connectivity index (χ1) is 14.7. The molecule has 3 rings (SSSR count). The van der Waals surface area contributed by atoms with Crippen LogP contribution in [0.5, 0.6) is 17.4 Å². The van der Waals surface area contributed by atoms with Crippen LogP contribution in [0.3, 0.4) is 0 Å². The summed E-state index contributed by atoms with van der Waals surface area (Å²) in [5, 5.41) is 11.3. The molecule has 158 valence electrons. The molecule has 0 unspecified atom stereocenters. The molecule has 2 aromatic carbocycles. The van der Waals surface area contributed by atoms with Crippen molar-refractivity contribution in [2.75, 3.05) is 0 Å². The molecule has 0 spiro atoms. The number of rotatable bonds is 6. The third kappa shape index (κ3) is 6.45. The van der Waals surface area contributed by atoms with Crippen molar-refractivity contribution in [1.82, 2.24) is 10.3 Å². The smallest absolute Gasteiger partial charge is 0.439 e. The second-order valence-corrected chi connectivity index (χ2v) is 7.02. The molecule has 10 heteroatoms.